The Bertz CT molecular complexity index is 716. The van der Waals surface area contributed by atoms with Crippen molar-refractivity contribution in [1.82, 2.24) is 14.5 Å². The van der Waals surface area contributed by atoms with Crippen molar-refractivity contribution in [3.8, 4) is 5.82 Å². The normalized spacial score (nSPS) is 11.3. The molecule has 2 aromatic rings. The summed E-state index contributed by atoms with van der Waals surface area (Å²) in [5, 5.41) is 10.8. The standard InChI is InChI=1S/C13H14N4O3/c1-13(2,3)12-14-6-4-11(15-12)16-7-5-10(18)9(8-16)17(19)20/h4-8H,1-3H3. The average molecular weight is 274 g/mol. The number of rotatable bonds is 2. The van der Waals surface area contributed by atoms with E-state index in [1.807, 2.05) is 20.8 Å². The topological polar surface area (TPSA) is 90.9 Å². The first-order valence-corrected chi connectivity index (χ1v) is 5.99. The van der Waals surface area contributed by atoms with E-state index in [0.717, 1.165) is 12.3 Å². The Balaban J connectivity index is 2.55. The van der Waals surface area contributed by atoms with Gasteiger partial charge in [-0.2, -0.15) is 0 Å². The molecule has 0 aliphatic carbocycles. The molecule has 0 saturated heterocycles. The molecule has 0 fully saturated rings. The summed E-state index contributed by atoms with van der Waals surface area (Å²) in [5.41, 5.74) is -1.35. The van der Waals surface area contributed by atoms with E-state index in [4.69, 9.17) is 0 Å². The van der Waals surface area contributed by atoms with Gasteiger partial charge in [0.15, 0.2) is 0 Å². The van der Waals surface area contributed by atoms with E-state index in [-0.39, 0.29) is 5.41 Å². The first-order valence-electron chi connectivity index (χ1n) is 5.99. The molecule has 0 saturated carbocycles. The van der Waals surface area contributed by atoms with Crippen LogP contribution in [0.2, 0.25) is 0 Å². The van der Waals surface area contributed by atoms with E-state index in [1.54, 1.807) is 12.3 Å². The highest BCUT2D eigenvalue weighted by Crippen LogP contribution is 2.18. The van der Waals surface area contributed by atoms with E-state index < -0.39 is 16.0 Å². The van der Waals surface area contributed by atoms with Gasteiger partial charge < -0.3 is 4.57 Å². The summed E-state index contributed by atoms with van der Waals surface area (Å²) < 4.78 is 1.44. The molecule has 0 aliphatic rings. The van der Waals surface area contributed by atoms with E-state index >= 15 is 0 Å². The fourth-order valence-electron chi connectivity index (χ4n) is 1.61. The minimum atomic E-state index is -0.704. The minimum Gasteiger partial charge on any atom is -0.301 e. The first kappa shape index (κ1) is 13.9. The van der Waals surface area contributed by atoms with Gasteiger partial charge in [-0.3, -0.25) is 14.9 Å². The summed E-state index contributed by atoms with van der Waals surface area (Å²) in [6.45, 7) is 5.92. The monoisotopic (exact) mass is 274 g/mol. The van der Waals surface area contributed by atoms with Crippen LogP contribution in [0.1, 0.15) is 26.6 Å². The highest BCUT2D eigenvalue weighted by atomic mass is 16.6. The van der Waals surface area contributed by atoms with Crippen LogP contribution in [0, 0.1) is 10.1 Å². The quantitative estimate of drug-likeness (QED) is 0.615. The molecule has 0 aromatic carbocycles. The Hall–Kier alpha value is -2.57. The molecule has 0 unspecified atom stereocenters. The molecule has 7 nitrogen and oxygen atoms in total. The second kappa shape index (κ2) is 4.84. The van der Waals surface area contributed by atoms with E-state index in [0.29, 0.717) is 11.6 Å². The van der Waals surface area contributed by atoms with E-state index in [2.05, 4.69) is 9.97 Å². The van der Waals surface area contributed by atoms with Crippen LogP contribution in [0.3, 0.4) is 0 Å². The predicted molar refractivity (Wildman–Crippen MR) is 73.0 cm³/mol. The molecule has 104 valence electrons. The molecule has 20 heavy (non-hydrogen) atoms. The van der Waals surface area contributed by atoms with Crippen molar-refractivity contribution in [2.75, 3.05) is 0 Å². The van der Waals surface area contributed by atoms with Gasteiger partial charge in [0.05, 0.1) is 11.1 Å². The number of aromatic nitrogens is 3. The number of nitrogens with zero attached hydrogens (tertiary/aromatic N) is 4. The Labute approximate surface area is 115 Å². The molecule has 0 bridgehead atoms. The lowest BCUT2D eigenvalue weighted by Crippen LogP contribution is -2.17. The lowest BCUT2D eigenvalue weighted by atomic mass is 9.96. The fraction of sp³-hybridized carbons (Fsp3) is 0.308. The fourth-order valence-corrected chi connectivity index (χ4v) is 1.61. The molecule has 0 atom stereocenters. The Morgan fingerprint density at radius 2 is 2.00 bits per heavy atom. The zero-order valence-corrected chi connectivity index (χ0v) is 11.4. The van der Waals surface area contributed by atoms with Crippen molar-refractivity contribution in [2.45, 2.75) is 26.2 Å². The van der Waals surface area contributed by atoms with Crippen LogP contribution in [0.4, 0.5) is 5.69 Å². The molecule has 0 aliphatic heterocycles. The van der Waals surface area contributed by atoms with Gasteiger partial charge in [0.1, 0.15) is 11.6 Å². The molecular formula is C13H14N4O3. The SMILES string of the molecule is CC(C)(C)c1nccc(-n2ccc(=O)c([N+](=O)[O-])c2)n1. The maximum absolute atomic E-state index is 11.4. The van der Waals surface area contributed by atoms with Crippen molar-refractivity contribution >= 4 is 5.69 Å². The van der Waals surface area contributed by atoms with Crippen molar-refractivity contribution < 1.29 is 4.92 Å². The van der Waals surface area contributed by atoms with Crippen LogP contribution in [0.5, 0.6) is 0 Å². The smallest absolute Gasteiger partial charge is 0.301 e. The van der Waals surface area contributed by atoms with Crippen LogP contribution in [0.25, 0.3) is 5.82 Å². The largest absolute Gasteiger partial charge is 0.332 e. The Morgan fingerprint density at radius 1 is 1.30 bits per heavy atom. The molecule has 2 heterocycles. The van der Waals surface area contributed by atoms with Crippen molar-refractivity contribution in [3.63, 3.8) is 0 Å². The number of hydrogen-bond acceptors (Lipinski definition) is 5. The van der Waals surface area contributed by atoms with Crippen molar-refractivity contribution in [3.05, 3.63) is 56.9 Å². The summed E-state index contributed by atoms with van der Waals surface area (Å²) in [4.78, 5) is 30.0. The molecule has 0 amide bonds. The maximum atomic E-state index is 11.4. The van der Waals surface area contributed by atoms with Gasteiger partial charge in [-0.1, -0.05) is 20.8 Å². The summed E-state index contributed by atoms with van der Waals surface area (Å²) in [6.07, 6.45) is 4.20. The lowest BCUT2D eigenvalue weighted by Gasteiger charge is -2.17. The lowest BCUT2D eigenvalue weighted by molar-refractivity contribution is -0.386. The number of nitro groups is 1. The zero-order chi connectivity index (χ0) is 14.9. The van der Waals surface area contributed by atoms with Gasteiger partial charge >= 0.3 is 5.69 Å². The van der Waals surface area contributed by atoms with E-state index in [9.17, 15) is 14.9 Å². The van der Waals surface area contributed by atoms with Crippen LogP contribution < -0.4 is 5.43 Å². The molecule has 0 radical (unpaired) electrons. The number of hydrogen-bond donors (Lipinski definition) is 0. The summed E-state index contributed by atoms with van der Waals surface area (Å²) in [7, 11) is 0. The highest BCUT2D eigenvalue weighted by Gasteiger charge is 2.18. The second-order valence-corrected chi connectivity index (χ2v) is 5.35. The second-order valence-electron chi connectivity index (χ2n) is 5.35. The third-order valence-corrected chi connectivity index (χ3v) is 2.67. The third-order valence-electron chi connectivity index (χ3n) is 2.67. The Kier molecular flexibility index (Phi) is 3.35. The summed E-state index contributed by atoms with van der Waals surface area (Å²) in [5.74, 6) is 1.10. The molecular weight excluding hydrogens is 260 g/mol. The zero-order valence-electron chi connectivity index (χ0n) is 11.4. The third kappa shape index (κ3) is 2.71. The highest BCUT2D eigenvalue weighted by molar-refractivity contribution is 5.32. The van der Waals surface area contributed by atoms with E-state index in [1.165, 1.54) is 10.8 Å². The Morgan fingerprint density at radius 3 is 2.60 bits per heavy atom. The van der Waals surface area contributed by atoms with Gasteiger partial charge in [-0.15, -0.1) is 0 Å². The first-order chi connectivity index (χ1) is 9.29. The number of pyridine rings is 1. The van der Waals surface area contributed by atoms with Gasteiger partial charge in [0, 0.05) is 23.9 Å². The van der Waals surface area contributed by atoms with Gasteiger partial charge in [-0.05, 0) is 6.07 Å². The van der Waals surface area contributed by atoms with Gasteiger partial charge in [0.25, 0.3) is 5.43 Å². The molecule has 0 spiro atoms. The molecule has 0 N–H and O–H groups in total. The molecule has 2 rings (SSSR count). The minimum absolute atomic E-state index is 0.235. The average Bonchev–Trinajstić information content (AvgIpc) is 2.38. The molecule has 2 aromatic heterocycles. The van der Waals surface area contributed by atoms with Crippen LogP contribution in [0.15, 0.2) is 35.5 Å². The summed E-state index contributed by atoms with van der Waals surface area (Å²) in [6, 6.07) is 2.78. The maximum Gasteiger partial charge on any atom is 0.332 e. The van der Waals surface area contributed by atoms with Crippen LogP contribution in [-0.4, -0.2) is 19.5 Å². The van der Waals surface area contributed by atoms with Crippen molar-refractivity contribution in [2.24, 2.45) is 0 Å². The predicted octanol–water partition coefficient (Wildman–Crippen LogP) is 1.83. The van der Waals surface area contributed by atoms with Gasteiger partial charge in [-0.25, -0.2) is 9.97 Å². The van der Waals surface area contributed by atoms with Crippen molar-refractivity contribution in [1.29, 1.82) is 0 Å². The summed E-state index contributed by atoms with van der Waals surface area (Å²) >= 11 is 0. The van der Waals surface area contributed by atoms with Crippen LogP contribution in [-0.2, 0) is 5.41 Å². The van der Waals surface area contributed by atoms with Gasteiger partial charge in [0.2, 0.25) is 0 Å². The molecule has 7 heteroatoms. The van der Waals surface area contributed by atoms with Crippen LogP contribution >= 0.6 is 0 Å².